The second kappa shape index (κ2) is 9.15. The molecule has 0 aliphatic rings. The van der Waals surface area contributed by atoms with Gasteiger partial charge in [0.1, 0.15) is 5.75 Å². The van der Waals surface area contributed by atoms with E-state index < -0.39 is 6.10 Å². The van der Waals surface area contributed by atoms with E-state index in [1.165, 1.54) is 0 Å². The molecule has 0 saturated carbocycles. The molecule has 116 valence electrons. The normalized spacial score (nSPS) is 12.0. The van der Waals surface area contributed by atoms with Crippen LogP contribution in [0, 0.1) is 0 Å². The van der Waals surface area contributed by atoms with Crippen LogP contribution in [0.4, 0.5) is 0 Å². The van der Waals surface area contributed by atoms with Gasteiger partial charge in [-0.2, -0.15) is 0 Å². The van der Waals surface area contributed by atoms with Crippen LogP contribution in [0.3, 0.4) is 0 Å². The van der Waals surface area contributed by atoms with Gasteiger partial charge in [0.05, 0.1) is 26.4 Å². The lowest BCUT2D eigenvalue weighted by Gasteiger charge is -2.23. The first kappa shape index (κ1) is 17.2. The van der Waals surface area contributed by atoms with Crippen LogP contribution < -0.4 is 4.74 Å². The number of aliphatic hydroxyl groups excluding tert-OH is 1. The summed E-state index contributed by atoms with van der Waals surface area (Å²) in [7, 11) is 1.58. The molecule has 0 bridgehead atoms. The number of nitrogens with zero attached hydrogens (tertiary/aromatic N) is 1. The van der Waals surface area contributed by atoms with Crippen molar-refractivity contribution in [2.75, 3.05) is 33.4 Å². The highest BCUT2D eigenvalue weighted by atomic mass is 16.5. The summed E-state index contributed by atoms with van der Waals surface area (Å²) >= 11 is 0. The number of carbonyl (C=O) groups excluding carboxylic acids is 1. The quantitative estimate of drug-likeness (QED) is 0.555. The summed E-state index contributed by atoms with van der Waals surface area (Å²) in [4.78, 5) is 13.3. The lowest BCUT2D eigenvalue weighted by atomic mass is 10.1. The third kappa shape index (κ3) is 5.97. The Bertz CT molecular complexity index is 461. The Balaban J connectivity index is 2.68. The van der Waals surface area contributed by atoms with E-state index in [0.29, 0.717) is 25.4 Å². The van der Waals surface area contributed by atoms with Crippen LogP contribution in [0.2, 0.25) is 0 Å². The van der Waals surface area contributed by atoms with Crippen LogP contribution >= 0.6 is 0 Å². The minimum atomic E-state index is -0.713. The second-order valence-corrected chi connectivity index (χ2v) is 4.58. The molecule has 1 aromatic carbocycles. The third-order valence-electron chi connectivity index (χ3n) is 2.96. The van der Waals surface area contributed by atoms with Gasteiger partial charge in [0.2, 0.25) is 0 Å². The fourth-order valence-corrected chi connectivity index (χ4v) is 1.97. The van der Waals surface area contributed by atoms with Crippen LogP contribution in [-0.4, -0.2) is 49.3 Å². The van der Waals surface area contributed by atoms with E-state index in [1.54, 1.807) is 31.1 Å². The van der Waals surface area contributed by atoms with Crippen molar-refractivity contribution in [1.29, 1.82) is 0 Å². The van der Waals surface area contributed by atoms with E-state index >= 15 is 0 Å². The van der Waals surface area contributed by atoms with E-state index in [2.05, 4.69) is 6.58 Å². The molecule has 0 radical (unpaired) electrons. The van der Waals surface area contributed by atoms with Crippen molar-refractivity contribution < 1.29 is 19.4 Å². The van der Waals surface area contributed by atoms with Gasteiger partial charge in [0.25, 0.3) is 0 Å². The van der Waals surface area contributed by atoms with Crippen LogP contribution in [0.1, 0.15) is 18.6 Å². The number of hydrogen-bond acceptors (Lipinski definition) is 5. The molecule has 0 amide bonds. The fourth-order valence-electron chi connectivity index (χ4n) is 1.97. The van der Waals surface area contributed by atoms with Gasteiger partial charge in [0, 0.05) is 13.1 Å². The zero-order chi connectivity index (χ0) is 15.7. The largest absolute Gasteiger partial charge is 0.497 e. The van der Waals surface area contributed by atoms with Crippen molar-refractivity contribution in [2.45, 2.75) is 13.0 Å². The molecule has 5 heteroatoms. The summed E-state index contributed by atoms with van der Waals surface area (Å²) in [5, 5.41) is 10.3. The third-order valence-corrected chi connectivity index (χ3v) is 2.96. The molecule has 0 spiro atoms. The Kier molecular flexibility index (Phi) is 7.50. The first-order valence-electron chi connectivity index (χ1n) is 6.91. The Labute approximate surface area is 125 Å². The van der Waals surface area contributed by atoms with Gasteiger partial charge in [-0.1, -0.05) is 18.2 Å². The Morgan fingerprint density at radius 3 is 2.90 bits per heavy atom. The average Bonchev–Trinajstić information content (AvgIpc) is 2.47. The average molecular weight is 293 g/mol. The minimum absolute atomic E-state index is 0.126. The number of esters is 1. The number of aliphatic hydroxyl groups is 1. The van der Waals surface area contributed by atoms with Gasteiger partial charge in [-0.15, -0.1) is 6.58 Å². The molecule has 0 aliphatic heterocycles. The molecule has 1 N–H and O–H groups in total. The van der Waals surface area contributed by atoms with E-state index in [1.807, 2.05) is 18.2 Å². The van der Waals surface area contributed by atoms with Crippen molar-refractivity contribution in [3.63, 3.8) is 0 Å². The number of methoxy groups -OCH3 is 1. The molecule has 0 fully saturated rings. The number of rotatable bonds is 9. The maximum atomic E-state index is 11.5. The van der Waals surface area contributed by atoms with Crippen molar-refractivity contribution >= 4 is 5.97 Å². The standard InChI is InChI=1S/C16H23NO4/c1-4-9-17(12-16(19)21-5-2)11-15(18)13-7-6-8-14(10-13)20-3/h4,6-8,10,15,18H,1,5,9,11-12H2,2-3H3. The predicted octanol–water partition coefficient (Wildman–Crippen LogP) is 1.78. The van der Waals surface area contributed by atoms with Gasteiger partial charge in [0.15, 0.2) is 0 Å². The molecule has 1 aromatic rings. The highest BCUT2D eigenvalue weighted by Gasteiger charge is 2.16. The van der Waals surface area contributed by atoms with E-state index in [0.717, 1.165) is 5.56 Å². The summed E-state index contributed by atoms with van der Waals surface area (Å²) in [5.41, 5.74) is 0.743. The van der Waals surface area contributed by atoms with Gasteiger partial charge < -0.3 is 14.6 Å². The molecule has 0 aromatic heterocycles. The zero-order valence-corrected chi connectivity index (χ0v) is 12.6. The SMILES string of the molecule is C=CCN(CC(=O)OCC)CC(O)c1cccc(OC)c1. The van der Waals surface area contributed by atoms with Gasteiger partial charge in [-0.25, -0.2) is 0 Å². The number of carbonyl (C=O) groups is 1. The zero-order valence-electron chi connectivity index (χ0n) is 12.6. The van der Waals surface area contributed by atoms with E-state index in [-0.39, 0.29) is 12.5 Å². The first-order valence-corrected chi connectivity index (χ1v) is 6.91. The maximum Gasteiger partial charge on any atom is 0.320 e. The number of benzene rings is 1. The Morgan fingerprint density at radius 1 is 1.52 bits per heavy atom. The molecular formula is C16H23NO4. The van der Waals surface area contributed by atoms with Crippen molar-refractivity contribution in [3.8, 4) is 5.75 Å². The Morgan fingerprint density at radius 2 is 2.29 bits per heavy atom. The summed E-state index contributed by atoms with van der Waals surface area (Å²) in [6.07, 6.45) is 0.979. The summed E-state index contributed by atoms with van der Waals surface area (Å²) in [5.74, 6) is 0.379. The first-order chi connectivity index (χ1) is 10.1. The van der Waals surface area contributed by atoms with Crippen molar-refractivity contribution in [1.82, 2.24) is 4.90 Å². The van der Waals surface area contributed by atoms with E-state index in [9.17, 15) is 9.90 Å². The summed E-state index contributed by atoms with van der Waals surface area (Å²) in [6.45, 7) is 6.72. The van der Waals surface area contributed by atoms with Crippen LogP contribution in [-0.2, 0) is 9.53 Å². The van der Waals surface area contributed by atoms with Gasteiger partial charge >= 0.3 is 5.97 Å². The molecule has 1 rings (SSSR count). The van der Waals surface area contributed by atoms with Crippen LogP contribution in [0.5, 0.6) is 5.75 Å². The van der Waals surface area contributed by atoms with E-state index in [4.69, 9.17) is 9.47 Å². The lowest BCUT2D eigenvalue weighted by Crippen LogP contribution is -2.34. The molecule has 5 nitrogen and oxygen atoms in total. The van der Waals surface area contributed by atoms with Gasteiger partial charge in [-0.05, 0) is 24.6 Å². The number of ether oxygens (including phenoxy) is 2. The summed E-state index contributed by atoms with van der Waals surface area (Å²) in [6, 6.07) is 7.24. The molecule has 21 heavy (non-hydrogen) atoms. The topological polar surface area (TPSA) is 59.0 Å². The van der Waals surface area contributed by atoms with Crippen molar-refractivity contribution in [2.24, 2.45) is 0 Å². The van der Waals surface area contributed by atoms with Crippen LogP contribution in [0.25, 0.3) is 0 Å². The highest BCUT2D eigenvalue weighted by molar-refractivity contribution is 5.71. The molecule has 1 atom stereocenters. The Hall–Kier alpha value is -1.85. The molecule has 0 heterocycles. The highest BCUT2D eigenvalue weighted by Crippen LogP contribution is 2.19. The minimum Gasteiger partial charge on any atom is -0.497 e. The van der Waals surface area contributed by atoms with Gasteiger partial charge in [-0.3, -0.25) is 9.69 Å². The fraction of sp³-hybridized carbons (Fsp3) is 0.438. The summed E-state index contributed by atoms with van der Waals surface area (Å²) < 4.78 is 10.1. The molecule has 0 aliphatic carbocycles. The second-order valence-electron chi connectivity index (χ2n) is 4.58. The lowest BCUT2D eigenvalue weighted by molar-refractivity contribution is -0.144. The predicted molar refractivity (Wildman–Crippen MR) is 81.2 cm³/mol. The van der Waals surface area contributed by atoms with Crippen LogP contribution in [0.15, 0.2) is 36.9 Å². The maximum absolute atomic E-state index is 11.5. The smallest absolute Gasteiger partial charge is 0.320 e. The molecule has 0 saturated heterocycles. The molecular weight excluding hydrogens is 270 g/mol. The monoisotopic (exact) mass is 293 g/mol. The molecule has 1 unspecified atom stereocenters. The number of hydrogen-bond donors (Lipinski definition) is 1. The van der Waals surface area contributed by atoms with Crippen molar-refractivity contribution in [3.05, 3.63) is 42.5 Å².